The summed E-state index contributed by atoms with van der Waals surface area (Å²) in [6, 6.07) is 65.5. The fourth-order valence-corrected chi connectivity index (χ4v) is 7.13. The molecule has 0 amide bonds. The molecular weight excluding hydrogens is 649 g/mol. The smallest absolute Gasteiger partial charge is 0.135 e. The van der Waals surface area contributed by atoms with Crippen LogP contribution < -0.4 is 4.90 Å². The molecule has 0 aliphatic carbocycles. The molecule has 0 spiro atoms. The summed E-state index contributed by atoms with van der Waals surface area (Å²) in [6.45, 7) is 0. The first-order valence-corrected chi connectivity index (χ1v) is 17.8. The van der Waals surface area contributed by atoms with Crippen LogP contribution in [-0.4, -0.2) is 4.98 Å². The van der Waals surface area contributed by atoms with Crippen LogP contribution >= 0.6 is 0 Å². The first-order chi connectivity index (χ1) is 26.2. The quantitative estimate of drug-likeness (QED) is 0.168. The van der Waals surface area contributed by atoms with Crippen molar-refractivity contribution in [1.82, 2.24) is 4.98 Å². The summed E-state index contributed by atoms with van der Waals surface area (Å²) < 4.78 is 12.4. The highest BCUT2D eigenvalue weighted by atomic mass is 16.3. The highest BCUT2D eigenvalue weighted by Gasteiger charge is 2.16. The van der Waals surface area contributed by atoms with Gasteiger partial charge in [0, 0.05) is 56.1 Å². The SMILES string of the molecule is c1ccc2ncc(-c3ccc(-c4ccc(N(c5ccc(-c6cc7ccccc7o6)cc5)c5ccc(-c6cc7ccccc7o6)cc5)cc4)cc3)cc2c1. The van der Waals surface area contributed by atoms with Gasteiger partial charge in [-0.2, -0.15) is 0 Å². The Kier molecular flexibility index (Phi) is 7.43. The van der Waals surface area contributed by atoms with Gasteiger partial charge in [-0.05, 0) is 114 Å². The Morgan fingerprint density at radius 1 is 0.340 bits per heavy atom. The van der Waals surface area contributed by atoms with E-state index in [-0.39, 0.29) is 0 Å². The van der Waals surface area contributed by atoms with Crippen molar-refractivity contribution in [3.05, 3.63) is 194 Å². The van der Waals surface area contributed by atoms with Gasteiger partial charge in [-0.25, -0.2) is 0 Å². The van der Waals surface area contributed by atoms with Crippen LogP contribution in [0.2, 0.25) is 0 Å². The zero-order chi connectivity index (χ0) is 35.1. The number of furan rings is 2. The molecule has 53 heavy (non-hydrogen) atoms. The van der Waals surface area contributed by atoms with Crippen LogP contribution in [0.25, 0.3) is 77.7 Å². The van der Waals surface area contributed by atoms with Crippen LogP contribution in [0.3, 0.4) is 0 Å². The number of para-hydroxylation sites is 3. The van der Waals surface area contributed by atoms with E-state index < -0.39 is 0 Å². The number of pyridine rings is 1. The summed E-state index contributed by atoms with van der Waals surface area (Å²) in [4.78, 5) is 6.94. The van der Waals surface area contributed by atoms with Crippen molar-refractivity contribution in [1.29, 1.82) is 0 Å². The molecule has 0 bridgehead atoms. The van der Waals surface area contributed by atoms with E-state index in [0.717, 1.165) is 94.8 Å². The minimum Gasteiger partial charge on any atom is -0.456 e. The minimum atomic E-state index is 0.853. The maximum atomic E-state index is 6.18. The van der Waals surface area contributed by atoms with E-state index in [1.54, 1.807) is 0 Å². The Morgan fingerprint density at radius 2 is 0.736 bits per heavy atom. The molecule has 0 saturated carbocycles. The van der Waals surface area contributed by atoms with Gasteiger partial charge in [0.2, 0.25) is 0 Å². The van der Waals surface area contributed by atoms with Crippen molar-refractivity contribution < 1.29 is 8.83 Å². The van der Waals surface area contributed by atoms with Crippen molar-refractivity contribution in [3.8, 4) is 44.9 Å². The average molecular weight is 681 g/mol. The molecule has 3 heterocycles. The summed E-state index contributed by atoms with van der Waals surface area (Å²) in [5.41, 5.74) is 12.6. The topological polar surface area (TPSA) is 42.4 Å². The van der Waals surface area contributed by atoms with Gasteiger partial charge in [0.15, 0.2) is 0 Å². The van der Waals surface area contributed by atoms with Crippen molar-refractivity contribution in [3.63, 3.8) is 0 Å². The number of nitrogens with zero attached hydrogens (tertiary/aromatic N) is 2. The molecule has 0 aliphatic rings. The number of anilines is 3. The molecule has 0 N–H and O–H groups in total. The lowest BCUT2D eigenvalue weighted by Crippen LogP contribution is -2.09. The second-order valence-corrected chi connectivity index (χ2v) is 13.3. The third-order valence-electron chi connectivity index (χ3n) is 9.94. The second kappa shape index (κ2) is 12.9. The van der Waals surface area contributed by atoms with E-state index in [2.05, 4.69) is 149 Å². The normalized spacial score (nSPS) is 11.4. The fourth-order valence-electron chi connectivity index (χ4n) is 7.13. The standard InChI is InChI=1S/C49H32N2O2/c1-4-10-45-38(7-1)29-41(32-50-45)35-15-13-33(14-16-35)34-17-23-42(24-18-34)51(43-25-19-36(20-26-43)48-30-39-8-2-5-11-46(39)52-48)44-27-21-37(22-28-44)49-31-40-9-3-6-12-47(40)53-49/h1-32H. The summed E-state index contributed by atoms with van der Waals surface area (Å²) in [5.74, 6) is 1.71. The monoisotopic (exact) mass is 680 g/mol. The lowest BCUT2D eigenvalue weighted by molar-refractivity contribution is 0.631. The molecule has 0 aliphatic heterocycles. The van der Waals surface area contributed by atoms with Crippen LogP contribution in [-0.2, 0) is 0 Å². The predicted molar refractivity (Wildman–Crippen MR) is 218 cm³/mol. The first kappa shape index (κ1) is 30.6. The Bertz CT molecular complexity index is 2680. The molecule has 10 rings (SSSR count). The Hall–Kier alpha value is -7.17. The Morgan fingerprint density at radius 3 is 1.23 bits per heavy atom. The van der Waals surface area contributed by atoms with Gasteiger partial charge in [-0.3, -0.25) is 4.98 Å². The number of benzene rings is 7. The fraction of sp³-hybridized carbons (Fsp3) is 0. The maximum Gasteiger partial charge on any atom is 0.135 e. The van der Waals surface area contributed by atoms with E-state index in [9.17, 15) is 0 Å². The highest BCUT2D eigenvalue weighted by molar-refractivity contribution is 5.87. The van der Waals surface area contributed by atoms with Crippen molar-refractivity contribution >= 4 is 49.9 Å². The van der Waals surface area contributed by atoms with Crippen LogP contribution in [0, 0.1) is 0 Å². The third kappa shape index (κ3) is 5.82. The maximum absolute atomic E-state index is 6.18. The summed E-state index contributed by atoms with van der Waals surface area (Å²) >= 11 is 0. The van der Waals surface area contributed by atoms with Crippen LogP contribution in [0.15, 0.2) is 203 Å². The van der Waals surface area contributed by atoms with E-state index in [4.69, 9.17) is 8.83 Å². The molecule has 10 aromatic rings. The zero-order valence-electron chi connectivity index (χ0n) is 28.7. The molecule has 4 heteroatoms. The average Bonchev–Trinajstić information content (AvgIpc) is 3.87. The second-order valence-electron chi connectivity index (χ2n) is 13.3. The molecule has 7 aromatic carbocycles. The van der Waals surface area contributed by atoms with Gasteiger partial charge < -0.3 is 13.7 Å². The number of aromatic nitrogens is 1. The molecule has 0 fully saturated rings. The molecule has 0 saturated heterocycles. The molecule has 4 nitrogen and oxygen atoms in total. The Balaban J connectivity index is 0.975. The van der Waals surface area contributed by atoms with Gasteiger partial charge in [0.25, 0.3) is 0 Å². The van der Waals surface area contributed by atoms with E-state index in [0.29, 0.717) is 0 Å². The highest BCUT2D eigenvalue weighted by Crippen LogP contribution is 2.39. The largest absolute Gasteiger partial charge is 0.456 e. The molecular formula is C49H32N2O2. The zero-order valence-corrected chi connectivity index (χ0v) is 28.7. The summed E-state index contributed by atoms with van der Waals surface area (Å²) in [7, 11) is 0. The first-order valence-electron chi connectivity index (χ1n) is 17.8. The lowest BCUT2D eigenvalue weighted by Gasteiger charge is -2.26. The van der Waals surface area contributed by atoms with Crippen molar-refractivity contribution in [2.24, 2.45) is 0 Å². The lowest BCUT2D eigenvalue weighted by atomic mass is 10.00. The van der Waals surface area contributed by atoms with E-state index >= 15 is 0 Å². The molecule has 0 unspecified atom stereocenters. The van der Waals surface area contributed by atoms with Crippen molar-refractivity contribution in [2.45, 2.75) is 0 Å². The molecule has 250 valence electrons. The predicted octanol–water partition coefficient (Wildman–Crippen LogP) is 13.9. The summed E-state index contributed by atoms with van der Waals surface area (Å²) in [6.07, 6.45) is 1.95. The van der Waals surface area contributed by atoms with Gasteiger partial charge in [0.1, 0.15) is 22.7 Å². The molecule has 0 atom stereocenters. The van der Waals surface area contributed by atoms with Gasteiger partial charge in [0.05, 0.1) is 5.52 Å². The van der Waals surface area contributed by atoms with Crippen LogP contribution in [0.1, 0.15) is 0 Å². The van der Waals surface area contributed by atoms with E-state index in [1.165, 1.54) is 0 Å². The van der Waals surface area contributed by atoms with Gasteiger partial charge >= 0.3 is 0 Å². The van der Waals surface area contributed by atoms with Crippen LogP contribution in [0.5, 0.6) is 0 Å². The summed E-state index contributed by atoms with van der Waals surface area (Å²) in [5, 5.41) is 3.33. The van der Waals surface area contributed by atoms with Crippen molar-refractivity contribution in [2.75, 3.05) is 4.90 Å². The number of rotatable bonds is 7. The minimum absolute atomic E-state index is 0.853. The third-order valence-corrected chi connectivity index (χ3v) is 9.94. The molecule has 0 radical (unpaired) electrons. The van der Waals surface area contributed by atoms with Gasteiger partial charge in [-0.15, -0.1) is 0 Å². The van der Waals surface area contributed by atoms with Gasteiger partial charge in [-0.1, -0.05) is 91.0 Å². The molecule has 3 aromatic heterocycles. The number of hydrogen-bond acceptors (Lipinski definition) is 4. The Labute approximate surface area is 306 Å². The van der Waals surface area contributed by atoms with Crippen LogP contribution in [0.4, 0.5) is 17.1 Å². The number of fused-ring (bicyclic) bond motifs is 3. The van der Waals surface area contributed by atoms with E-state index in [1.807, 2.05) is 54.7 Å². The number of hydrogen-bond donors (Lipinski definition) is 0.